The molecule has 2 fully saturated rings. The van der Waals surface area contributed by atoms with Crippen LogP contribution >= 0.6 is 0 Å². The maximum absolute atomic E-state index is 13.3. The van der Waals surface area contributed by atoms with E-state index >= 15 is 0 Å². The minimum absolute atomic E-state index is 0.0778. The van der Waals surface area contributed by atoms with E-state index in [1.54, 1.807) is 37.5 Å². The number of piperidine rings is 1. The van der Waals surface area contributed by atoms with Gasteiger partial charge in [0.2, 0.25) is 10.0 Å². The molecule has 0 bridgehead atoms. The molecule has 0 N–H and O–H groups in total. The Hall–Kier alpha value is -3.28. The number of carbonyl (C=O) groups excluding carboxylic acids is 1. The topological polar surface area (TPSA) is 113 Å². The second kappa shape index (κ2) is 12.3. The van der Waals surface area contributed by atoms with Crippen molar-refractivity contribution < 1.29 is 27.4 Å². The molecule has 0 spiro atoms. The smallest absolute Gasteiger partial charge is 0.310 e. The number of ether oxygens (including phenoxy) is 3. The van der Waals surface area contributed by atoms with Gasteiger partial charge in [0, 0.05) is 25.9 Å². The van der Waals surface area contributed by atoms with E-state index in [4.69, 9.17) is 14.2 Å². The first-order chi connectivity index (χ1) is 19.0. The van der Waals surface area contributed by atoms with Crippen molar-refractivity contribution in [1.82, 2.24) is 19.1 Å². The standard InChI is InChI=1S/C28H34N4O6S/c1-2-36-28(33)22-8-6-15-31(19-22)39(34,35)24-9-5-7-21(17-24)20-38-23-11-12-25(29-18-23)26-13-14-30-32(26)27-10-3-4-16-37-27/h5,7,9,11-14,17-18,22,27H,2-4,6,8,10,15-16,19-20H2,1H3/t22-,27?/m0/s1. The highest BCUT2D eigenvalue weighted by atomic mass is 32.2. The molecule has 11 heteroatoms. The van der Waals surface area contributed by atoms with Crippen LogP contribution in [0.2, 0.25) is 0 Å². The third kappa shape index (κ3) is 6.32. The van der Waals surface area contributed by atoms with E-state index < -0.39 is 15.9 Å². The van der Waals surface area contributed by atoms with Crippen molar-refractivity contribution in [2.45, 2.75) is 56.8 Å². The number of hydrogen-bond donors (Lipinski definition) is 0. The number of sulfonamides is 1. The van der Waals surface area contributed by atoms with Crippen LogP contribution in [0.25, 0.3) is 11.4 Å². The largest absolute Gasteiger partial charge is 0.487 e. The zero-order valence-corrected chi connectivity index (χ0v) is 22.9. The van der Waals surface area contributed by atoms with Crippen LogP contribution < -0.4 is 4.74 Å². The van der Waals surface area contributed by atoms with Crippen LogP contribution in [0.1, 0.15) is 50.8 Å². The van der Waals surface area contributed by atoms with Crippen molar-refractivity contribution in [2.24, 2.45) is 5.92 Å². The Labute approximate surface area is 228 Å². The Balaban J connectivity index is 1.23. The number of aromatic nitrogens is 3. The van der Waals surface area contributed by atoms with Crippen LogP contribution in [0.5, 0.6) is 5.75 Å². The molecule has 3 aromatic rings. The summed E-state index contributed by atoms with van der Waals surface area (Å²) >= 11 is 0. The first-order valence-corrected chi connectivity index (χ1v) is 14.9. The fraction of sp³-hybridized carbons (Fsp3) is 0.464. The van der Waals surface area contributed by atoms with Crippen molar-refractivity contribution in [3.05, 3.63) is 60.4 Å². The minimum atomic E-state index is -3.75. The van der Waals surface area contributed by atoms with Gasteiger partial charge in [-0.25, -0.2) is 13.1 Å². The van der Waals surface area contributed by atoms with Crippen molar-refractivity contribution in [1.29, 1.82) is 0 Å². The molecular formula is C28H34N4O6S. The van der Waals surface area contributed by atoms with Crippen LogP contribution in [0.15, 0.2) is 59.8 Å². The van der Waals surface area contributed by atoms with Gasteiger partial charge in [-0.15, -0.1) is 0 Å². The highest BCUT2D eigenvalue weighted by molar-refractivity contribution is 7.89. The number of carbonyl (C=O) groups is 1. The second-order valence-corrected chi connectivity index (χ2v) is 11.7. The molecule has 0 amide bonds. The maximum Gasteiger partial charge on any atom is 0.310 e. The summed E-state index contributed by atoms with van der Waals surface area (Å²) in [7, 11) is -3.75. The van der Waals surface area contributed by atoms with Gasteiger partial charge >= 0.3 is 5.97 Å². The van der Waals surface area contributed by atoms with E-state index in [1.165, 1.54) is 4.31 Å². The van der Waals surface area contributed by atoms with Gasteiger partial charge in [0.15, 0.2) is 6.23 Å². The Morgan fingerprint density at radius 3 is 2.79 bits per heavy atom. The summed E-state index contributed by atoms with van der Waals surface area (Å²) in [6.45, 7) is 3.45. The van der Waals surface area contributed by atoms with Gasteiger partial charge in [-0.1, -0.05) is 12.1 Å². The molecular weight excluding hydrogens is 520 g/mol. The molecule has 5 rings (SSSR count). The lowest BCUT2D eigenvalue weighted by Crippen LogP contribution is -2.42. The summed E-state index contributed by atoms with van der Waals surface area (Å²) in [6.07, 6.45) is 7.67. The number of rotatable bonds is 9. The van der Waals surface area contributed by atoms with E-state index in [9.17, 15) is 13.2 Å². The van der Waals surface area contributed by atoms with Crippen molar-refractivity contribution in [3.8, 4) is 17.1 Å². The van der Waals surface area contributed by atoms with Crippen LogP contribution in [-0.2, 0) is 30.9 Å². The van der Waals surface area contributed by atoms with Crippen molar-refractivity contribution >= 4 is 16.0 Å². The number of pyridine rings is 1. The number of benzene rings is 1. The Bertz CT molecular complexity index is 1370. The molecule has 10 nitrogen and oxygen atoms in total. The normalized spacial score (nSPS) is 20.4. The second-order valence-electron chi connectivity index (χ2n) is 9.75. The van der Waals surface area contributed by atoms with Crippen LogP contribution in [0, 0.1) is 5.92 Å². The van der Waals surface area contributed by atoms with Gasteiger partial charge < -0.3 is 14.2 Å². The Morgan fingerprint density at radius 1 is 1.13 bits per heavy atom. The zero-order valence-electron chi connectivity index (χ0n) is 22.1. The summed E-state index contributed by atoms with van der Waals surface area (Å²) < 4.78 is 46.8. The number of esters is 1. The van der Waals surface area contributed by atoms with Gasteiger partial charge in [-0.2, -0.15) is 9.40 Å². The highest BCUT2D eigenvalue weighted by Gasteiger charge is 2.34. The monoisotopic (exact) mass is 554 g/mol. The molecule has 208 valence electrons. The SMILES string of the molecule is CCOC(=O)[C@H]1CCCN(S(=O)(=O)c2cccc(COc3ccc(-c4ccnn4C4CCCCO4)nc3)c2)C1. The predicted molar refractivity (Wildman–Crippen MR) is 143 cm³/mol. The molecule has 2 aliphatic rings. The van der Waals surface area contributed by atoms with E-state index in [2.05, 4.69) is 10.1 Å². The van der Waals surface area contributed by atoms with Gasteiger partial charge in [0.1, 0.15) is 12.4 Å². The molecule has 0 saturated carbocycles. The fourth-order valence-corrected chi connectivity index (χ4v) is 6.60. The molecule has 39 heavy (non-hydrogen) atoms. The lowest BCUT2D eigenvalue weighted by atomic mass is 10.0. The van der Waals surface area contributed by atoms with Gasteiger partial charge in [0.25, 0.3) is 0 Å². The average molecular weight is 555 g/mol. The number of nitrogens with zero attached hydrogens (tertiary/aromatic N) is 4. The highest BCUT2D eigenvalue weighted by Crippen LogP contribution is 2.29. The minimum Gasteiger partial charge on any atom is -0.487 e. The van der Waals surface area contributed by atoms with Gasteiger partial charge in [0.05, 0.1) is 35.0 Å². The predicted octanol–water partition coefficient (Wildman–Crippen LogP) is 4.19. The van der Waals surface area contributed by atoms with Crippen LogP contribution in [0.3, 0.4) is 0 Å². The first kappa shape index (κ1) is 27.3. The molecule has 1 aromatic carbocycles. The van der Waals surface area contributed by atoms with E-state index in [0.29, 0.717) is 30.7 Å². The molecule has 0 radical (unpaired) electrons. The molecule has 2 aromatic heterocycles. The Morgan fingerprint density at radius 2 is 2.03 bits per heavy atom. The lowest BCUT2D eigenvalue weighted by molar-refractivity contribution is -0.149. The summed E-state index contributed by atoms with van der Waals surface area (Å²) in [4.78, 5) is 16.9. The summed E-state index contributed by atoms with van der Waals surface area (Å²) in [5, 5.41) is 4.44. The zero-order chi connectivity index (χ0) is 27.2. The molecule has 2 aliphatic heterocycles. The van der Waals surface area contributed by atoms with Gasteiger partial charge in [-0.05, 0) is 74.9 Å². The average Bonchev–Trinajstić information content (AvgIpc) is 3.47. The fourth-order valence-electron chi connectivity index (χ4n) is 5.01. The van der Waals surface area contributed by atoms with Crippen molar-refractivity contribution in [2.75, 3.05) is 26.3 Å². The Kier molecular flexibility index (Phi) is 8.59. The van der Waals surface area contributed by atoms with E-state index in [0.717, 1.165) is 37.3 Å². The molecule has 2 atom stereocenters. The quantitative estimate of drug-likeness (QED) is 0.362. The van der Waals surface area contributed by atoms with Crippen LogP contribution in [-0.4, -0.2) is 59.8 Å². The first-order valence-electron chi connectivity index (χ1n) is 13.5. The third-order valence-electron chi connectivity index (χ3n) is 7.04. The summed E-state index contributed by atoms with van der Waals surface area (Å²) in [5.41, 5.74) is 2.37. The van der Waals surface area contributed by atoms with Crippen molar-refractivity contribution in [3.63, 3.8) is 0 Å². The molecule has 1 unspecified atom stereocenters. The van der Waals surface area contributed by atoms with E-state index in [-0.39, 0.29) is 36.9 Å². The molecule has 2 saturated heterocycles. The van der Waals surface area contributed by atoms with E-state index in [1.807, 2.05) is 28.9 Å². The molecule has 4 heterocycles. The van der Waals surface area contributed by atoms with Crippen LogP contribution in [0.4, 0.5) is 0 Å². The third-order valence-corrected chi connectivity index (χ3v) is 8.90. The molecule has 0 aliphatic carbocycles. The lowest BCUT2D eigenvalue weighted by Gasteiger charge is -2.30. The maximum atomic E-state index is 13.3. The summed E-state index contributed by atoms with van der Waals surface area (Å²) in [5.74, 6) is -0.212. The summed E-state index contributed by atoms with van der Waals surface area (Å²) in [6, 6.07) is 12.4. The number of hydrogen-bond acceptors (Lipinski definition) is 8. The van der Waals surface area contributed by atoms with Gasteiger partial charge in [-0.3, -0.25) is 9.78 Å².